The van der Waals surface area contributed by atoms with E-state index in [1.165, 1.54) is 0 Å². The van der Waals surface area contributed by atoms with Gasteiger partial charge in [0, 0.05) is 30.4 Å². The Morgan fingerprint density at radius 3 is 2.58 bits per heavy atom. The topological polar surface area (TPSA) is 59.0 Å². The second-order valence-electron chi connectivity index (χ2n) is 6.59. The van der Waals surface area contributed by atoms with Crippen molar-refractivity contribution >= 4 is 17.5 Å². The Bertz CT molecular complexity index is 719. The van der Waals surface area contributed by atoms with E-state index in [0.717, 1.165) is 23.4 Å². The average Bonchev–Trinajstić information content (AvgIpc) is 2.82. The number of amides is 1. The van der Waals surface area contributed by atoms with E-state index in [0.29, 0.717) is 31.2 Å². The van der Waals surface area contributed by atoms with Gasteiger partial charge in [-0.15, -0.1) is 0 Å². The molecule has 6 heteroatoms. The lowest BCUT2D eigenvalue weighted by Crippen LogP contribution is -2.62. The first-order chi connectivity index (χ1) is 11.5. The first kappa shape index (κ1) is 17.0. The van der Waals surface area contributed by atoms with Crippen LogP contribution in [0.5, 0.6) is 0 Å². The predicted molar refractivity (Wildman–Crippen MR) is 95.2 cm³/mol. The summed E-state index contributed by atoms with van der Waals surface area (Å²) in [6, 6.07) is 9.77. The summed E-state index contributed by atoms with van der Waals surface area (Å²) < 4.78 is 1.93. The third kappa shape index (κ3) is 3.62. The summed E-state index contributed by atoms with van der Waals surface area (Å²) in [5.41, 5.74) is 2.89. The third-order valence-electron chi connectivity index (χ3n) is 4.58. The second kappa shape index (κ2) is 6.95. The summed E-state index contributed by atoms with van der Waals surface area (Å²) in [7, 11) is 0. The van der Waals surface area contributed by atoms with Gasteiger partial charge in [0.1, 0.15) is 0 Å². The lowest BCUT2D eigenvalue weighted by Gasteiger charge is -2.41. The normalized spacial score (nSPS) is 15.8. The van der Waals surface area contributed by atoms with Gasteiger partial charge in [-0.3, -0.25) is 9.48 Å². The Hall–Kier alpha value is -1.85. The molecule has 0 atom stereocenters. The molecule has 1 amide bonds. The Morgan fingerprint density at radius 1 is 1.33 bits per heavy atom. The lowest BCUT2D eigenvalue weighted by molar-refractivity contribution is -0.133. The Labute approximate surface area is 147 Å². The molecular weight excluding hydrogens is 324 g/mol. The van der Waals surface area contributed by atoms with Gasteiger partial charge in [-0.25, -0.2) is 0 Å². The van der Waals surface area contributed by atoms with Gasteiger partial charge in [-0.1, -0.05) is 23.7 Å². The number of hydrogen-bond acceptors (Lipinski definition) is 3. The highest BCUT2D eigenvalue weighted by Gasteiger charge is 2.43. The van der Waals surface area contributed by atoms with Crippen molar-refractivity contribution in [2.75, 3.05) is 19.6 Å². The molecule has 5 nitrogen and oxygen atoms in total. The Kier molecular flexibility index (Phi) is 4.92. The molecule has 1 aromatic carbocycles. The van der Waals surface area contributed by atoms with Crippen LogP contribution in [0, 0.1) is 19.3 Å². The van der Waals surface area contributed by atoms with Crippen LogP contribution in [0.2, 0.25) is 5.02 Å². The minimum Gasteiger partial charge on any atom is -0.354 e. The molecule has 1 saturated heterocycles. The first-order valence-corrected chi connectivity index (χ1v) is 8.61. The van der Waals surface area contributed by atoms with Crippen molar-refractivity contribution < 1.29 is 4.79 Å². The highest BCUT2D eigenvalue weighted by Crippen LogP contribution is 2.28. The summed E-state index contributed by atoms with van der Waals surface area (Å²) in [4.78, 5) is 12.7. The van der Waals surface area contributed by atoms with Crippen LogP contribution in [0.25, 0.3) is 0 Å². The van der Waals surface area contributed by atoms with Gasteiger partial charge in [0.15, 0.2) is 0 Å². The molecule has 2 N–H and O–H groups in total. The van der Waals surface area contributed by atoms with Gasteiger partial charge in [-0.05, 0) is 44.0 Å². The molecule has 1 fully saturated rings. The minimum atomic E-state index is -0.358. The number of rotatable bonds is 6. The number of benzene rings is 1. The number of hydrogen-bond donors (Lipinski definition) is 2. The summed E-state index contributed by atoms with van der Waals surface area (Å²) in [6.07, 6.45) is 0.725. The minimum absolute atomic E-state index is 0.109. The molecule has 0 unspecified atom stereocenters. The van der Waals surface area contributed by atoms with Crippen LogP contribution in [0.3, 0.4) is 0 Å². The molecule has 3 rings (SSSR count). The zero-order valence-electron chi connectivity index (χ0n) is 14.1. The van der Waals surface area contributed by atoms with E-state index in [1.807, 2.05) is 48.9 Å². The summed E-state index contributed by atoms with van der Waals surface area (Å²) in [6.45, 7) is 6.70. The monoisotopic (exact) mass is 346 g/mol. The van der Waals surface area contributed by atoms with Gasteiger partial charge in [0.25, 0.3) is 0 Å². The summed E-state index contributed by atoms with van der Waals surface area (Å²) in [5.74, 6) is 0.109. The van der Waals surface area contributed by atoms with Gasteiger partial charge < -0.3 is 10.6 Å². The number of nitrogens with zero attached hydrogens (tertiary/aromatic N) is 2. The summed E-state index contributed by atoms with van der Waals surface area (Å²) in [5, 5.41) is 11.4. The largest absolute Gasteiger partial charge is 0.354 e. The number of aryl methyl sites for hydroxylation is 2. The molecule has 1 aliphatic heterocycles. The molecule has 24 heavy (non-hydrogen) atoms. The number of carbonyl (C=O) groups excluding carboxylic acids is 1. The van der Waals surface area contributed by atoms with Crippen LogP contribution in [-0.2, 0) is 17.8 Å². The molecule has 0 spiro atoms. The van der Waals surface area contributed by atoms with Gasteiger partial charge >= 0.3 is 0 Å². The first-order valence-electron chi connectivity index (χ1n) is 8.23. The van der Waals surface area contributed by atoms with Gasteiger partial charge in [-0.2, -0.15) is 5.10 Å². The van der Waals surface area contributed by atoms with Gasteiger partial charge in [0.05, 0.1) is 17.7 Å². The maximum absolute atomic E-state index is 12.7. The summed E-state index contributed by atoms with van der Waals surface area (Å²) >= 11 is 5.93. The van der Waals surface area contributed by atoms with Crippen molar-refractivity contribution in [3.8, 4) is 0 Å². The van der Waals surface area contributed by atoms with Crippen LogP contribution < -0.4 is 10.6 Å². The average molecular weight is 347 g/mol. The van der Waals surface area contributed by atoms with Crippen LogP contribution in [0.4, 0.5) is 0 Å². The number of aromatic nitrogens is 2. The molecule has 0 saturated carbocycles. The van der Waals surface area contributed by atoms with Gasteiger partial charge in [0.2, 0.25) is 5.91 Å². The number of nitrogens with one attached hydrogen (secondary N) is 2. The zero-order valence-corrected chi connectivity index (χ0v) is 14.9. The molecule has 0 aliphatic carbocycles. The smallest absolute Gasteiger partial charge is 0.229 e. The van der Waals surface area contributed by atoms with Crippen molar-refractivity contribution in [3.05, 3.63) is 52.3 Å². The standard InChI is InChI=1S/C18H23ClN4O/c1-13-9-14(2)23(22-13)8-7-21-17(24)18(11-20-12-18)10-15-3-5-16(19)6-4-15/h3-6,9,20H,7-8,10-12H2,1-2H3,(H,21,24). The highest BCUT2D eigenvalue weighted by atomic mass is 35.5. The van der Waals surface area contributed by atoms with Crippen LogP contribution in [-0.4, -0.2) is 35.3 Å². The van der Waals surface area contributed by atoms with E-state index in [9.17, 15) is 4.79 Å². The molecule has 0 radical (unpaired) electrons. The van der Waals surface area contributed by atoms with E-state index >= 15 is 0 Å². The lowest BCUT2D eigenvalue weighted by atomic mass is 9.75. The molecule has 1 aromatic heterocycles. The van der Waals surface area contributed by atoms with Crippen LogP contribution in [0.1, 0.15) is 17.0 Å². The molecule has 128 valence electrons. The number of carbonyl (C=O) groups is 1. The number of halogens is 1. The molecule has 1 aliphatic rings. The predicted octanol–water partition coefficient (Wildman–Crippen LogP) is 2.10. The van der Waals surface area contributed by atoms with Crippen molar-refractivity contribution in [3.63, 3.8) is 0 Å². The Morgan fingerprint density at radius 2 is 2.04 bits per heavy atom. The van der Waals surface area contributed by atoms with E-state index in [1.54, 1.807) is 0 Å². The highest BCUT2D eigenvalue weighted by molar-refractivity contribution is 6.30. The van der Waals surface area contributed by atoms with Crippen LogP contribution >= 0.6 is 11.6 Å². The fourth-order valence-electron chi connectivity index (χ4n) is 3.15. The van der Waals surface area contributed by atoms with E-state index < -0.39 is 0 Å². The molecule has 2 heterocycles. The molecular formula is C18H23ClN4O. The maximum Gasteiger partial charge on any atom is 0.229 e. The quantitative estimate of drug-likeness (QED) is 0.842. The van der Waals surface area contributed by atoms with Crippen LogP contribution in [0.15, 0.2) is 30.3 Å². The maximum atomic E-state index is 12.7. The van der Waals surface area contributed by atoms with Crippen molar-refractivity contribution in [1.29, 1.82) is 0 Å². The van der Waals surface area contributed by atoms with E-state index in [-0.39, 0.29) is 11.3 Å². The Balaban J connectivity index is 1.57. The van der Waals surface area contributed by atoms with E-state index in [4.69, 9.17) is 11.6 Å². The van der Waals surface area contributed by atoms with Crippen molar-refractivity contribution in [2.45, 2.75) is 26.8 Å². The zero-order chi connectivity index (χ0) is 17.2. The fraction of sp³-hybridized carbons (Fsp3) is 0.444. The van der Waals surface area contributed by atoms with Crippen molar-refractivity contribution in [1.82, 2.24) is 20.4 Å². The second-order valence-corrected chi connectivity index (χ2v) is 7.03. The third-order valence-corrected chi connectivity index (χ3v) is 4.83. The molecule has 0 bridgehead atoms. The van der Waals surface area contributed by atoms with E-state index in [2.05, 4.69) is 15.7 Å². The fourth-order valence-corrected chi connectivity index (χ4v) is 3.28. The SMILES string of the molecule is Cc1cc(C)n(CCNC(=O)C2(Cc3ccc(Cl)cc3)CNC2)n1. The molecule has 2 aromatic rings. The van der Waals surface area contributed by atoms with Crippen molar-refractivity contribution in [2.24, 2.45) is 5.41 Å².